The summed E-state index contributed by atoms with van der Waals surface area (Å²) in [6.45, 7) is 9.67. The molecule has 1 aliphatic rings. The van der Waals surface area contributed by atoms with Gasteiger partial charge in [-0.2, -0.15) is 0 Å². The molecular formula is C22H28N4O3. The third-order valence-corrected chi connectivity index (χ3v) is 5.42. The van der Waals surface area contributed by atoms with Crippen molar-refractivity contribution in [3.63, 3.8) is 0 Å². The van der Waals surface area contributed by atoms with Crippen molar-refractivity contribution in [1.82, 2.24) is 15.2 Å². The van der Waals surface area contributed by atoms with Crippen LogP contribution in [0.5, 0.6) is 0 Å². The van der Waals surface area contributed by atoms with E-state index in [1.165, 1.54) is 24.2 Å². The molecule has 1 aromatic carbocycles. The van der Waals surface area contributed by atoms with Gasteiger partial charge < -0.3 is 5.32 Å². The summed E-state index contributed by atoms with van der Waals surface area (Å²) in [5.74, 6) is 1.03. The summed E-state index contributed by atoms with van der Waals surface area (Å²) in [5, 5.41) is 13.9. The highest BCUT2D eigenvalue weighted by molar-refractivity contribution is 5.95. The third kappa shape index (κ3) is 5.38. The molecule has 0 saturated carbocycles. The summed E-state index contributed by atoms with van der Waals surface area (Å²) in [6, 6.07) is 9.38. The smallest absolute Gasteiger partial charge is 0.288 e. The fraction of sp³-hybridized carbons (Fsp3) is 0.455. The Labute approximate surface area is 171 Å². The van der Waals surface area contributed by atoms with Crippen molar-refractivity contribution in [1.29, 1.82) is 0 Å². The number of hydrogen-bond donors (Lipinski definition) is 1. The SMILES string of the molecule is Cc1ncc([N+](=O)[O-])cc1C(=O)NCc1ccccc1CN1C[C@H](C)C[C@@H](C)C1. The predicted octanol–water partition coefficient (Wildman–Crippen LogP) is 3.71. The van der Waals surface area contributed by atoms with E-state index in [4.69, 9.17) is 0 Å². The number of likely N-dealkylation sites (tertiary alicyclic amines) is 1. The number of piperidine rings is 1. The maximum atomic E-state index is 12.6. The molecule has 7 heteroatoms. The first-order valence-corrected chi connectivity index (χ1v) is 10.0. The van der Waals surface area contributed by atoms with Gasteiger partial charge in [0.1, 0.15) is 6.20 Å². The number of benzene rings is 1. The second kappa shape index (κ2) is 9.13. The molecule has 1 fully saturated rings. The Kier molecular flexibility index (Phi) is 6.59. The molecule has 0 spiro atoms. The van der Waals surface area contributed by atoms with Crippen molar-refractivity contribution in [3.05, 3.63) is 69.0 Å². The van der Waals surface area contributed by atoms with Gasteiger partial charge in [-0.3, -0.25) is 24.8 Å². The number of pyridine rings is 1. The summed E-state index contributed by atoms with van der Waals surface area (Å²) >= 11 is 0. The second-order valence-corrected chi connectivity index (χ2v) is 8.18. The van der Waals surface area contributed by atoms with Crippen LogP contribution in [0.2, 0.25) is 0 Å². The highest BCUT2D eigenvalue weighted by Gasteiger charge is 2.22. The average molecular weight is 396 g/mol. The first-order chi connectivity index (χ1) is 13.8. The molecule has 1 N–H and O–H groups in total. The van der Waals surface area contributed by atoms with E-state index in [0.717, 1.165) is 25.2 Å². The fourth-order valence-corrected chi connectivity index (χ4v) is 4.17. The quantitative estimate of drug-likeness (QED) is 0.594. The van der Waals surface area contributed by atoms with Gasteiger partial charge in [-0.05, 0) is 36.3 Å². The minimum absolute atomic E-state index is 0.186. The lowest BCUT2D eigenvalue weighted by molar-refractivity contribution is -0.385. The Morgan fingerprint density at radius 3 is 2.55 bits per heavy atom. The van der Waals surface area contributed by atoms with Gasteiger partial charge in [0.15, 0.2) is 0 Å². The lowest BCUT2D eigenvalue weighted by Gasteiger charge is -2.35. The number of amides is 1. The number of hydrogen-bond acceptors (Lipinski definition) is 5. The average Bonchev–Trinajstić information content (AvgIpc) is 2.66. The fourth-order valence-electron chi connectivity index (χ4n) is 4.17. The molecule has 1 aliphatic heterocycles. The van der Waals surface area contributed by atoms with E-state index in [1.54, 1.807) is 6.92 Å². The van der Waals surface area contributed by atoms with E-state index in [-0.39, 0.29) is 17.2 Å². The standard InChI is InChI=1S/C22H28N4O3/c1-15-8-16(2)13-25(12-15)14-19-7-5-4-6-18(19)10-24-22(27)21-9-20(26(28)29)11-23-17(21)3/h4-7,9,11,15-16H,8,10,12-14H2,1-3H3,(H,24,27)/t15-,16-/m1/s1. The minimum Gasteiger partial charge on any atom is -0.348 e. The van der Waals surface area contributed by atoms with E-state index in [9.17, 15) is 14.9 Å². The highest BCUT2D eigenvalue weighted by atomic mass is 16.6. The van der Waals surface area contributed by atoms with Crippen LogP contribution in [0.15, 0.2) is 36.5 Å². The zero-order valence-electron chi connectivity index (χ0n) is 17.2. The summed E-state index contributed by atoms with van der Waals surface area (Å²) in [7, 11) is 0. The third-order valence-electron chi connectivity index (χ3n) is 5.42. The number of nitro groups is 1. The molecule has 154 valence electrons. The van der Waals surface area contributed by atoms with Gasteiger partial charge in [-0.1, -0.05) is 38.1 Å². The van der Waals surface area contributed by atoms with E-state index < -0.39 is 4.92 Å². The zero-order valence-corrected chi connectivity index (χ0v) is 17.2. The molecule has 3 rings (SSSR count). The molecule has 0 unspecified atom stereocenters. The number of nitrogens with one attached hydrogen (secondary N) is 1. The molecule has 2 heterocycles. The summed E-state index contributed by atoms with van der Waals surface area (Å²) in [6.07, 6.45) is 2.44. The van der Waals surface area contributed by atoms with E-state index in [2.05, 4.69) is 35.1 Å². The molecule has 2 atom stereocenters. The Balaban J connectivity index is 1.69. The van der Waals surface area contributed by atoms with Crippen molar-refractivity contribution in [3.8, 4) is 0 Å². The van der Waals surface area contributed by atoms with Crippen LogP contribution >= 0.6 is 0 Å². The number of aryl methyl sites for hydroxylation is 1. The Morgan fingerprint density at radius 2 is 1.90 bits per heavy atom. The number of aromatic nitrogens is 1. The first kappa shape index (κ1) is 20.9. The summed E-state index contributed by atoms with van der Waals surface area (Å²) < 4.78 is 0. The van der Waals surface area contributed by atoms with Crippen molar-refractivity contribution < 1.29 is 9.72 Å². The van der Waals surface area contributed by atoms with E-state index >= 15 is 0 Å². The van der Waals surface area contributed by atoms with Gasteiger partial charge in [0, 0.05) is 32.2 Å². The van der Waals surface area contributed by atoms with E-state index in [1.807, 2.05) is 18.2 Å². The number of nitrogens with zero attached hydrogens (tertiary/aromatic N) is 3. The lowest BCUT2D eigenvalue weighted by Crippen LogP contribution is -2.38. The monoisotopic (exact) mass is 396 g/mol. The van der Waals surface area contributed by atoms with Crippen molar-refractivity contribution in [2.24, 2.45) is 11.8 Å². The normalized spacial score (nSPS) is 19.7. The van der Waals surface area contributed by atoms with Crippen LogP contribution < -0.4 is 5.32 Å². The molecule has 1 saturated heterocycles. The second-order valence-electron chi connectivity index (χ2n) is 8.18. The highest BCUT2D eigenvalue weighted by Crippen LogP contribution is 2.23. The molecular weight excluding hydrogens is 368 g/mol. The van der Waals surface area contributed by atoms with Crippen molar-refractivity contribution in [2.45, 2.75) is 40.3 Å². The lowest BCUT2D eigenvalue weighted by atomic mass is 9.91. The summed E-state index contributed by atoms with van der Waals surface area (Å²) in [5.41, 5.74) is 2.77. The Hall–Kier alpha value is -2.80. The van der Waals surface area contributed by atoms with Gasteiger partial charge in [-0.25, -0.2) is 0 Å². The first-order valence-electron chi connectivity index (χ1n) is 10.0. The van der Waals surface area contributed by atoms with Gasteiger partial charge in [0.05, 0.1) is 16.2 Å². The topological polar surface area (TPSA) is 88.4 Å². The molecule has 1 amide bonds. The van der Waals surface area contributed by atoms with Crippen LogP contribution in [0.1, 0.15) is 47.4 Å². The molecule has 1 aromatic heterocycles. The largest absolute Gasteiger partial charge is 0.348 e. The maximum Gasteiger partial charge on any atom is 0.288 e. The minimum atomic E-state index is -0.543. The van der Waals surface area contributed by atoms with Crippen LogP contribution in [0.3, 0.4) is 0 Å². The Bertz CT molecular complexity index is 889. The molecule has 29 heavy (non-hydrogen) atoms. The zero-order chi connectivity index (χ0) is 21.0. The molecule has 0 aliphatic carbocycles. The van der Waals surface area contributed by atoms with Crippen LogP contribution in [-0.4, -0.2) is 33.8 Å². The predicted molar refractivity (Wildman–Crippen MR) is 111 cm³/mol. The molecule has 2 aromatic rings. The van der Waals surface area contributed by atoms with Gasteiger partial charge in [0.2, 0.25) is 0 Å². The van der Waals surface area contributed by atoms with Gasteiger partial charge in [-0.15, -0.1) is 0 Å². The molecule has 0 radical (unpaired) electrons. The number of carbonyl (C=O) groups is 1. The van der Waals surface area contributed by atoms with Crippen molar-refractivity contribution >= 4 is 11.6 Å². The summed E-state index contributed by atoms with van der Waals surface area (Å²) in [4.78, 5) is 29.5. The van der Waals surface area contributed by atoms with E-state index in [0.29, 0.717) is 24.1 Å². The van der Waals surface area contributed by atoms with Crippen LogP contribution in [0.25, 0.3) is 0 Å². The van der Waals surface area contributed by atoms with Crippen molar-refractivity contribution in [2.75, 3.05) is 13.1 Å². The van der Waals surface area contributed by atoms with Gasteiger partial charge >= 0.3 is 0 Å². The number of carbonyl (C=O) groups excluding carboxylic acids is 1. The Morgan fingerprint density at radius 1 is 1.24 bits per heavy atom. The molecule has 0 bridgehead atoms. The molecule has 7 nitrogen and oxygen atoms in total. The van der Waals surface area contributed by atoms with Crippen LogP contribution in [0, 0.1) is 28.9 Å². The number of rotatable bonds is 6. The van der Waals surface area contributed by atoms with Gasteiger partial charge in [0.25, 0.3) is 11.6 Å². The maximum absolute atomic E-state index is 12.6. The van der Waals surface area contributed by atoms with Crippen LogP contribution in [0.4, 0.5) is 5.69 Å². The van der Waals surface area contributed by atoms with Crippen LogP contribution in [-0.2, 0) is 13.1 Å².